The molecule has 38 heavy (non-hydrogen) atoms. The fourth-order valence-corrected chi connectivity index (χ4v) is 5.55. The molecule has 2 fully saturated rings. The third-order valence-corrected chi connectivity index (χ3v) is 7.54. The number of aromatic amines is 2. The largest absolute Gasteiger partial charge is 0.465 e. The van der Waals surface area contributed by atoms with Crippen LogP contribution in [0.15, 0.2) is 60.9 Å². The SMILES string of the molecule is O=C(O)N1CCC[C@H]1c1ncc(-c2ccc(-c3ccc(-c4cnc([C@@H]5CCCN5C(=O)O)[nH]4)cc3)cc2)[nH]1. The van der Waals surface area contributed by atoms with Gasteiger partial charge in [-0.1, -0.05) is 48.5 Å². The summed E-state index contributed by atoms with van der Waals surface area (Å²) >= 11 is 0. The summed E-state index contributed by atoms with van der Waals surface area (Å²) in [4.78, 5) is 41.4. The number of amides is 2. The Morgan fingerprint density at radius 1 is 0.658 bits per heavy atom. The Bertz CT molecular complexity index is 1350. The molecule has 0 bridgehead atoms. The zero-order valence-electron chi connectivity index (χ0n) is 20.7. The zero-order valence-corrected chi connectivity index (χ0v) is 20.7. The summed E-state index contributed by atoms with van der Waals surface area (Å²) in [6.07, 6.45) is 4.93. The molecular weight excluding hydrogens is 484 g/mol. The van der Waals surface area contributed by atoms with E-state index in [-0.39, 0.29) is 12.1 Å². The van der Waals surface area contributed by atoms with E-state index in [1.807, 2.05) is 24.3 Å². The van der Waals surface area contributed by atoms with E-state index in [9.17, 15) is 19.8 Å². The molecule has 2 saturated heterocycles. The number of nitrogens with one attached hydrogen (secondary N) is 2. The van der Waals surface area contributed by atoms with Gasteiger partial charge in [0.1, 0.15) is 11.6 Å². The quantitative estimate of drug-likeness (QED) is 0.268. The van der Waals surface area contributed by atoms with Crippen molar-refractivity contribution in [2.24, 2.45) is 0 Å². The minimum Gasteiger partial charge on any atom is -0.465 e. The maximum Gasteiger partial charge on any atom is 0.407 e. The first-order valence-electron chi connectivity index (χ1n) is 12.8. The van der Waals surface area contributed by atoms with Crippen molar-refractivity contribution in [2.45, 2.75) is 37.8 Å². The van der Waals surface area contributed by atoms with Gasteiger partial charge >= 0.3 is 12.2 Å². The Balaban J connectivity index is 1.15. The van der Waals surface area contributed by atoms with Crippen LogP contribution in [-0.2, 0) is 0 Å². The fraction of sp³-hybridized carbons (Fsp3) is 0.286. The molecule has 6 rings (SSSR count). The van der Waals surface area contributed by atoms with Gasteiger partial charge in [0.2, 0.25) is 0 Å². The summed E-state index contributed by atoms with van der Waals surface area (Å²) in [5.41, 5.74) is 5.82. The average Bonchev–Trinajstić information content (AvgIpc) is 3.74. The van der Waals surface area contributed by atoms with Gasteiger partial charge in [-0.05, 0) is 47.9 Å². The number of likely N-dealkylation sites (tertiary alicyclic amines) is 2. The molecule has 2 aliphatic rings. The molecular formula is C28H28N6O4. The van der Waals surface area contributed by atoms with Crippen molar-refractivity contribution in [3.05, 3.63) is 72.6 Å². The van der Waals surface area contributed by atoms with E-state index in [0.717, 1.165) is 59.3 Å². The molecule has 10 heteroatoms. The van der Waals surface area contributed by atoms with E-state index in [1.165, 1.54) is 9.80 Å². The number of rotatable bonds is 5. The molecule has 2 aromatic carbocycles. The molecule has 2 amide bonds. The lowest BCUT2D eigenvalue weighted by Gasteiger charge is -2.19. The number of carboxylic acid groups (broad SMARTS) is 2. The number of H-pyrrole nitrogens is 2. The third-order valence-electron chi connectivity index (χ3n) is 7.54. The third kappa shape index (κ3) is 4.38. The summed E-state index contributed by atoms with van der Waals surface area (Å²) in [6, 6.07) is 15.9. The standard InChI is InChI=1S/C28H28N6O4/c35-27(36)33-13-1-3-23(33)25-29-15-21(31-25)19-9-5-17(6-10-19)18-7-11-20(12-8-18)22-16-30-26(32-22)24-4-2-14-34(24)28(37)38/h5-12,15-16,23-24H,1-4,13-14H2,(H,29,31)(H,30,32)(H,35,36)(H,37,38)/t23-,24-/m0/s1. The maximum absolute atomic E-state index is 11.5. The number of aromatic nitrogens is 4. The first-order valence-corrected chi connectivity index (χ1v) is 12.8. The molecule has 0 saturated carbocycles. The van der Waals surface area contributed by atoms with Crippen molar-refractivity contribution in [3.63, 3.8) is 0 Å². The lowest BCUT2D eigenvalue weighted by Crippen LogP contribution is -2.29. The zero-order chi connectivity index (χ0) is 26.2. The molecule has 10 nitrogen and oxygen atoms in total. The average molecular weight is 513 g/mol. The number of nitrogens with zero attached hydrogens (tertiary/aromatic N) is 4. The van der Waals surface area contributed by atoms with E-state index in [4.69, 9.17) is 0 Å². The molecule has 2 aromatic heterocycles. The Hall–Kier alpha value is -4.60. The first-order chi connectivity index (χ1) is 18.5. The highest BCUT2D eigenvalue weighted by Crippen LogP contribution is 2.33. The molecule has 4 N–H and O–H groups in total. The summed E-state index contributed by atoms with van der Waals surface area (Å²) in [7, 11) is 0. The molecule has 4 heterocycles. The van der Waals surface area contributed by atoms with Crippen LogP contribution >= 0.6 is 0 Å². The first kappa shape index (κ1) is 23.8. The number of benzene rings is 2. The van der Waals surface area contributed by atoms with Crippen LogP contribution in [0, 0.1) is 0 Å². The van der Waals surface area contributed by atoms with Gasteiger partial charge in [-0.2, -0.15) is 0 Å². The number of hydrogen-bond donors (Lipinski definition) is 4. The maximum atomic E-state index is 11.5. The van der Waals surface area contributed by atoms with E-state index < -0.39 is 12.2 Å². The van der Waals surface area contributed by atoms with Gasteiger partial charge in [-0.15, -0.1) is 0 Å². The topological polar surface area (TPSA) is 138 Å². The van der Waals surface area contributed by atoms with Crippen molar-refractivity contribution < 1.29 is 19.8 Å². The summed E-state index contributed by atoms with van der Waals surface area (Å²) in [6.45, 7) is 1.07. The fourth-order valence-electron chi connectivity index (χ4n) is 5.55. The van der Waals surface area contributed by atoms with Crippen molar-refractivity contribution >= 4 is 12.2 Å². The molecule has 0 spiro atoms. The van der Waals surface area contributed by atoms with Crippen LogP contribution < -0.4 is 0 Å². The molecule has 4 aromatic rings. The second-order valence-corrected chi connectivity index (χ2v) is 9.79. The number of imidazole rings is 2. The van der Waals surface area contributed by atoms with Crippen LogP contribution in [0.1, 0.15) is 49.4 Å². The summed E-state index contributed by atoms with van der Waals surface area (Å²) in [5, 5.41) is 18.8. The predicted molar refractivity (Wildman–Crippen MR) is 140 cm³/mol. The van der Waals surface area contributed by atoms with Gasteiger partial charge in [0.05, 0.1) is 35.9 Å². The molecule has 194 valence electrons. The second-order valence-electron chi connectivity index (χ2n) is 9.79. The van der Waals surface area contributed by atoms with E-state index in [0.29, 0.717) is 24.7 Å². The monoisotopic (exact) mass is 512 g/mol. The van der Waals surface area contributed by atoms with Crippen LogP contribution in [0.3, 0.4) is 0 Å². The van der Waals surface area contributed by atoms with Gasteiger partial charge in [0.15, 0.2) is 0 Å². The Morgan fingerprint density at radius 3 is 1.39 bits per heavy atom. The smallest absolute Gasteiger partial charge is 0.407 e. The highest BCUT2D eigenvalue weighted by molar-refractivity contribution is 5.72. The van der Waals surface area contributed by atoms with Gasteiger partial charge in [-0.3, -0.25) is 9.80 Å². The van der Waals surface area contributed by atoms with Crippen LogP contribution in [0.4, 0.5) is 9.59 Å². The van der Waals surface area contributed by atoms with Gasteiger partial charge in [0, 0.05) is 13.1 Å². The van der Waals surface area contributed by atoms with Crippen molar-refractivity contribution in [2.75, 3.05) is 13.1 Å². The van der Waals surface area contributed by atoms with Crippen molar-refractivity contribution in [1.29, 1.82) is 0 Å². The van der Waals surface area contributed by atoms with E-state index >= 15 is 0 Å². The number of carbonyl (C=O) groups is 2. The normalized spacial score (nSPS) is 19.3. The second kappa shape index (κ2) is 9.70. The molecule has 0 radical (unpaired) electrons. The Morgan fingerprint density at radius 2 is 1.03 bits per heavy atom. The van der Waals surface area contributed by atoms with Gasteiger partial charge in [-0.25, -0.2) is 19.6 Å². The Kier molecular flexibility index (Phi) is 6.07. The summed E-state index contributed by atoms with van der Waals surface area (Å²) < 4.78 is 0. The van der Waals surface area contributed by atoms with Crippen molar-refractivity contribution in [1.82, 2.24) is 29.7 Å². The molecule has 0 unspecified atom stereocenters. The highest BCUT2D eigenvalue weighted by atomic mass is 16.4. The highest BCUT2D eigenvalue weighted by Gasteiger charge is 2.32. The van der Waals surface area contributed by atoms with Gasteiger partial charge < -0.3 is 20.2 Å². The number of hydrogen-bond acceptors (Lipinski definition) is 4. The molecule has 2 aliphatic heterocycles. The predicted octanol–water partition coefficient (Wildman–Crippen LogP) is 5.76. The van der Waals surface area contributed by atoms with Crippen LogP contribution in [-0.4, -0.2) is 65.2 Å². The van der Waals surface area contributed by atoms with Crippen LogP contribution in [0.5, 0.6) is 0 Å². The summed E-state index contributed by atoms with van der Waals surface area (Å²) in [5.74, 6) is 1.37. The van der Waals surface area contributed by atoms with Crippen LogP contribution in [0.25, 0.3) is 33.6 Å². The lowest BCUT2D eigenvalue weighted by atomic mass is 10.0. The van der Waals surface area contributed by atoms with E-state index in [2.05, 4.69) is 44.2 Å². The minimum atomic E-state index is -0.910. The van der Waals surface area contributed by atoms with Crippen LogP contribution in [0.2, 0.25) is 0 Å². The lowest BCUT2D eigenvalue weighted by molar-refractivity contribution is 0.138. The van der Waals surface area contributed by atoms with E-state index in [1.54, 1.807) is 12.4 Å². The molecule has 2 atom stereocenters. The van der Waals surface area contributed by atoms with Crippen molar-refractivity contribution in [3.8, 4) is 33.6 Å². The molecule has 0 aliphatic carbocycles. The Labute approximate surface area is 219 Å². The van der Waals surface area contributed by atoms with Gasteiger partial charge in [0.25, 0.3) is 0 Å². The minimum absolute atomic E-state index is 0.223.